The van der Waals surface area contributed by atoms with Crippen molar-refractivity contribution in [2.45, 2.75) is 72.8 Å². The molecule has 3 aromatic rings. The van der Waals surface area contributed by atoms with Crippen LogP contribution in [0, 0.1) is 5.41 Å². The van der Waals surface area contributed by atoms with E-state index in [1.54, 1.807) is 0 Å². The van der Waals surface area contributed by atoms with Gasteiger partial charge in [-0.3, -0.25) is 4.79 Å². The topological polar surface area (TPSA) is 56.1 Å². The van der Waals surface area contributed by atoms with Crippen LogP contribution in [0.4, 0.5) is 0 Å². The SMILES string of the molecule is CC(C)c1ccccc1OCCn1c(CCCCCNC(=O)C(C)(C)C)nc2ccccc21. The zero-order chi connectivity index (χ0) is 23.8. The number of nitrogens with one attached hydrogen (secondary N) is 1. The zero-order valence-corrected chi connectivity index (χ0v) is 20.9. The Labute approximate surface area is 198 Å². The highest BCUT2D eigenvalue weighted by molar-refractivity contribution is 5.81. The highest BCUT2D eigenvalue weighted by atomic mass is 16.5. The van der Waals surface area contributed by atoms with E-state index in [2.05, 4.69) is 60.1 Å². The number of fused-ring (bicyclic) bond motifs is 1. The molecule has 1 aromatic heterocycles. The van der Waals surface area contributed by atoms with E-state index in [1.807, 2.05) is 32.9 Å². The molecule has 0 aliphatic rings. The average molecular weight is 450 g/mol. The summed E-state index contributed by atoms with van der Waals surface area (Å²) in [6.07, 6.45) is 4.01. The molecule has 0 saturated carbocycles. The van der Waals surface area contributed by atoms with Crippen molar-refractivity contribution >= 4 is 16.9 Å². The first-order valence-corrected chi connectivity index (χ1v) is 12.2. The molecule has 0 spiro atoms. The van der Waals surface area contributed by atoms with Gasteiger partial charge in [-0.1, -0.05) is 71.4 Å². The highest BCUT2D eigenvalue weighted by Gasteiger charge is 2.20. The second-order valence-electron chi connectivity index (χ2n) is 10.0. The molecule has 5 nitrogen and oxygen atoms in total. The molecule has 0 atom stereocenters. The number of hydrogen-bond donors (Lipinski definition) is 1. The van der Waals surface area contributed by atoms with Crippen LogP contribution in [0.15, 0.2) is 48.5 Å². The number of aromatic nitrogens is 2. The third-order valence-corrected chi connectivity index (χ3v) is 5.89. The Morgan fingerprint density at radius 3 is 2.52 bits per heavy atom. The number of unbranched alkanes of at least 4 members (excludes halogenated alkanes) is 2. The molecular formula is C28H39N3O2. The second-order valence-corrected chi connectivity index (χ2v) is 10.0. The first-order valence-electron chi connectivity index (χ1n) is 12.2. The Balaban J connectivity index is 1.57. The summed E-state index contributed by atoms with van der Waals surface area (Å²) in [5.74, 6) is 2.62. The molecule has 1 amide bonds. The lowest BCUT2D eigenvalue weighted by Gasteiger charge is -2.17. The fourth-order valence-corrected chi connectivity index (χ4v) is 3.95. The van der Waals surface area contributed by atoms with Gasteiger partial charge in [0.1, 0.15) is 18.2 Å². The zero-order valence-electron chi connectivity index (χ0n) is 20.9. The quantitative estimate of drug-likeness (QED) is 0.359. The first-order chi connectivity index (χ1) is 15.8. The molecular weight excluding hydrogens is 410 g/mol. The predicted molar refractivity (Wildman–Crippen MR) is 136 cm³/mol. The molecule has 5 heteroatoms. The smallest absolute Gasteiger partial charge is 0.225 e. The summed E-state index contributed by atoms with van der Waals surface area (Å²) in [6.45, 7) is 12.3. The molecule has 0 fully saturated rings. The van der Waals surface area contributed by atoms with E-state index in [0.717, 1.165) is 61.4 Å². The fourth-order valence-electron chi connectivity index (χ4n) is 3.95. The van der Waals surface area contributed by atoms with Gasteiger partial charge in [0, 0.05) is 18.4 Å². The van der Waals surface area contributed by atoms with E-state index >= 15 is 0 Å². The standard InChI is InChI=1S/C28H39N3O2/c1-21(2)22-13-8-11-16-25(22)33-20-19-31-24-15-10-9-14-23(24)30-26(31)17-7-6-12-18-29-27(32)28(3,4)5/h8-11,13-16,21H,6-7,12,17-20H2,1-5H3,(H,29,32). The predicted octanol–water partition coefficient (Wildman–Crippen LogP) is 6.11. The molecule has 3 rings (SSSR count). The van der Waals surface area contributed by atoms with Gasteiger partial charge in [0.15, 0.2) is 0 Å². The van der Waals surface area contributed by atoms with Crippen molar-refractivity contribution < 1.29 is 9.53 Å². The molecule has 0 radical (unpaired) electrons. The molecule has 0 aliphatic heterocycles. The van der Waals surface area contributed by atoms with E-state index in [0.29, 0.717) is 12.5 Å². The molecule has 1 N–H and O–H groups in total. The van der Waals surface area contributed by atoms with E-state index in [9.17, 15) is 4.79 Å². The van der Waals surface area contributed by atoms with Gasteiger partial charge in [0.05, 0.1) is 17.6 Å². The number of nitrogens with zero attached hydrogens (tertiary/aromatic N) is 2. The van der Waals surface area contributed by atoms with Crippen molar-refractivity contribution in [1.82, 2.24) is 14.9 Å². The Bertz CT molecular complexity index is 1050. The lowest BCUT2D eigenvalue weighted by Crippen LogP contribution is -2.35. The maximum atomic E-state index is 12.0. The van der Waals surface area contributed by atoms with Gasteiger partial charge in [-0.2, -0.15) is 0 Å². The lowest BCUT2D eigenvalue weighted by atomic mass is 9.96. The van der Waals surface area contributed by atoms with Crippen molar-refractivity contribution in [3.05, 3.63) is 59.9 Å². The monoisotopic (exact) mass is 449 g/mol. The van der Waals surface area contributed by atoms with E-state index in [4.69, 9.17) is 9.72 Å². The summed E-state index contributed by atoms with van der Waals surface area (Å²) < 4.78 is 8.49. The maximum absolute atomic E-state index is 12.0. The van der Waals surface area contributed by atoms with E-state index in [1.165, 1.54) is 5.56 Å². The molecule has 0 bridgehead atoms. The van der Waals surface area contributed by atoms with E-state index < -0.39 is 0 Å². The maximum Gasteiger partial charge on any atom is 0.225 e. The number of rotatable bonds is 11. The van der Waals surface area contributed by atoms with Crippen LogP contribution < -0.4 is 10.1 Å². The third kappa shape index (κ3) is 6.83. The van der Waals surface area contributed by atoms with Gasteiger partial charge in [0.2, 0.25) is 5.91 Å². The van der Waals surface area contributed by atoms with Crippen LogP contribution in [0.5, 0.6) is 5.75 Å². The molecule has 33 heavy (non-hydrogen) atoms. The van der Waals surface area contributed by atoms with Crippen molar-refractivity contribution in [3.8, 4) is 5.75 Å². The lowest BCUT2D eigenvalue weighted by molar-refractivity contribution is -0.128. The summed E-state index contributed by atoms with van der Waals surface area (Å²) in [5, 5.41) is 3.03. The van der Waals surface area contributed by atoms with Crippen LogP contribution in [0.2, 0.25) is 0 Å². The molecule has 0 saturated heterocycles. The Morgan fingerprint density at radius 1 is 1.03 bits per heavy atom. The number of para-hydroxylation sites is 3. The van der Waals surface area contributed by atoms with Gasteiger partial charge in [-0.05, 0) is 42.5 Å². The number of imidazole rings is 1. The highest BCUT2D eigenvalue weighted by Crippen LogP contribution is 2.26. The van der Waals surface area contributed by atoms with Gasteiger partial charge in [-0.25, -0.2) is 4.98 Å². The third-order valence-electron chi connectivity index (χ3n) is 5.89. The van der Waals surface area contributed by atoms with Gasteiger partial charge >= 0.3 is 0 Å². The number of aryl methyl sites for hydroxylation is 1. The van der Waals surface area contributed by atoms with Gasteiger partial charge in [0.25, 0.3) is 0 Å². The molecule has 0 aliphatic carbocycles. The van der Waals surface area contributed by atoms with Crippen LogP contribution in [0.3, 0.4) is 0 Å². The van der Waals surface area contributed by atoms with Crippen LogP contribution in [-0.4, -0.2) is 28.6 Å². The molecule has 2 aromatic carbocycles. The Hall–Kier alpha value is -2.82. The minimum Gasteiger partial charge on any atom is -0.491 e. The molecule has 0 unspecified atom stereocenters. The number of ether oxygens (including phenoxy) is 1. The van der Waals surface area contributed by atoms with Crippen molar-refractivity contribution in [2.75, 3.05) is 13.2 Å². The number of carbonyl (C=O) groups is 1. The van der Waals surface area contributed by atoms with Crippen molar-refractivity contribution in [1.29, 1.82) is 0 Å². The minimum atomic E-state index is -0.331. The second kappa shape index (κ2) is 11.4. The molecule has 1 heterocycles. The number of carbonyl (C=O) groups excluding carboxylic acids is 1. The number of benzene rings is 2. The van der Waals surface area contributed by atoms with Crippen molar-refractivity contribution in [2.24, 2.45) is 5.41 Å². The van der Waals surface area contributed by atoms with E-state index in [-0.39, 0.29) is 11.3 Å². The average Bonchev–Trinajstić information content (AvgIpc) is 3.13. The Morgan fingerprint density at radius 2 is 1.76 bits per heavy atom. The van der Waals surface area contributed by atoms with Crippen LogP contribution in [0.25, 0.3) is 11.0 Å². The first kappa shape index (κ1) is 24.8. The fraction of sp³-hybridized carbons (Fsp3) is 0.500. The largest absolute Gasteiger partial charge is 0.491 e. The minimum absolute atomic E-state index is 0.114. The van der Waals surface area contributed by atoms with Crippen molar-refractivity contribution in [3.63, 3.8) is 0 Å². The normalized spacial score (nSPS) is 11.8. The summed E-state index contributed by atoms with van der Waals surface area (Å²) in [7, 11) is 0. The molecule has 178 valence electrons. The van der Waals surface area contributed by atoms with Crippen LogP contribution >= 0.6 is 0 Å². The summed E-state index contributed by atoms with van der Waals surface area (Å²) in [4.78, 5) is 16.9. The Kier molecular flexibility index (Phi) is 8.54. The summed E-state index contributed by atoms with van der Waals surface area (Å²) in [6, 6.07) is 16.6. The number of amides is 1. The summed E-state index contributed by atoms with van der Waals surface area (Å²) in [5.41, 5.74) is 3.10. The number of hydrogen-bond acceptors (Lipinski definition) is 3. The van der Waals surface area contributed by atoms with Crippen LogP contribution in [-0.2, 0) is 17.8 Å². The summed E-state index contributed by atoms with van der Waals surface area (Å²) >= 11 is 0. The van der Waals surface area contributed by atoms with Gasteiger partial charge in [-0.15, -0.1) is 0 Å². The van der Waals surface area contributed by atoms with Crippen LogP contribution in [0.1, 0.15) is 71.2 Å². The van der Waals surface area contributed by atoms with Gasteiger partial charge < -0.3 is 14.6 Å².